The van der Waals surface area contributed by atoms with E-state index in [4.69, 9.17) is 9.47 Å². The predicted octanol–water partition coefficient (Wildman–Crippen LogP) is 3.12. The van der Waals surface area contributed by atoms with E-state index in [2.05, 4.69) is 11.1 Å². The van der Waals surface area contributed by atoms with Gasteiger partial charge >= 0.3 is 0 Å². The lowest BCUT2D eigenvalue weighted by molar-refractivity contribution is -0.112. The first-order valence-corrected chi connectivity index (χ1v) is 7.97. The van der Waals surface area contributed by atoms with E-state index in [0.717, 1.165) is 30.6 Å². The van der Waals surface area contributed by atoms with Crippen molar-refractivity contribution in [2.45, 2.75) is 12.8 Å². The molecule has 5 nitrogen and oxygen atoms in total. The lowest BCUT2D eigenvalue weighted by Gasteiger charge is -2.24. The Morgan fingerprint density at radius 1 is 1.08 bits per heavy atom. The molecule has 2 aliphatic rings. The number of hydrogen-bond donors (Lipinski definition) is 0. The Hall–Kier alpha value is -2.82. The van der Waals surface area contributed by atoms with Crippen LogP contribution in [0.3, 0.4) is 0 Å². The third-order valence-electron chi connectivity index (χ3n) is 4.50. The molecule has 1 amide bonds. The third kappa shape index (κ3) is 2.24. The van der Waals surface area contributed by atoms with Crippen molar-refractivity contribution in [3.05, 3.63) is 47.5 Å². The molecule has 0 aliphatic carbocycles. The second kappa shape index (κ2) is 5.67. The summed E-state index contributed by atoms with van der Waals surface area (Å²) in [5, 5.41) is 0. The predicted molar refractivity (Wildman–Crippen MR) is 92.9 cm³/mol. The number of carbonyl (C=O) groups is 1. The molecule has 0 radical (unpaired) electrons. The van der Waals surface area contributed by atoms with Crippen molar-refractivity contribution in [3.63, 3.8) is 0 Å². The minimum Gasteiger partial charge on any atom is -0.497 e. The van der Waals surface area contributed by atoms with Crippen molar-refractivity contribution in [1.29, 1.82) is 0 Å². The van der Waals surface area contributed by atoms with Crippen LogP contribution in [0.5, 0.6) is 11.5 Å². The van der Waals surface area contributed by atoms with Crippen LogP contribution in [0.2, 0.25) is 0 Å². The fourth-order valence-electron chi connectivity index (χ4n) is 3.38. The second-order valence-electron chi connectivity index (χ2n) is 5.90. The Morgan fingerprint density at radius 2 is 1.83 bits per heavy atom. The van der Waals surface area contributed by atoms with Gasteiger partial charge in [0.25, 0.3) is 5.91 Å². The number of methoxy groups -OCH3 is 2. The Morgan fingerprint density at radius 3 is 2.54 bits per heavy atom. The van der Waals surface area contributed by atoms with Crippen LogP contribution in [0.1, 0.15) is 17.5 Å². The van der Waals surface area contributed by atoms with Crippen LogP contribution in [0.15, 0.2) is 41.4 Å². The molecule has 0 aromatic heterocycles. The SMILES string of the molecule is COc1cc(N=C2C(=O)N3CCCc4cccc2c43)cc(OC)c1. The summed E-state index contributed by atoms with van der Waals surface area (Å²) >= 11 is 0. The minimum absolute atomic E-state index is 0.0288. The van der Waals surface area contributed by atoms with Gasteiger partial charge in [0, 0.05) is 30.3 Å². The number of amides is 1. The van der Waals surface area contributed by atoms with Crippen molar-refractivity contribution >= 4 is 23.0 Å². The molecule has 2 aliphatic heterocycles. The van der Waals surface area contributed by atoms with Gasteiger partial charge in [-0.15, -0.1) is 0 Å². The minimum atomic E-state index is -0.0288. The molecule has 4 rings (SSSR count). The molecule has 0 N–H and O–H groups in total. The van der Waals surface area contributed by atoms with Crippen LogP contribution in [-0.4, -0.2) is 32.4 Å². The van der Waals surface area contributed by atoms with Crippen LogP contribution in [-0.2, 0) is 11.2 Å². The number of nitrogens with zero attached hydrogens (tertiary/aromatic N) is 2. The van der Waals surface area contributed by atoms with Gasteiger partial charge in [-0.2, -0.15) is 0 Å². The highest BCUT2D eigenvalue weighted by Gasteiger charge is 2.37. The maximum Gasteiger partial charge on any atom is 0.277 e. The lowest BCUT2D eigenvalue weighted by Crippen LogP contribution is -2.33. The van der Waals surface area contributed by atoms with E-state index in [-0.39, 0.29) is 5.91 Å². The average molecular weight is 322 g/mol. The maximum atomic E-state index is 12.8. The number of rotatable bonds is 3. The number of carbonyl (C=O) groups excluding carboxylic acids is 1. The first-order valence-electron chi connectivity index (χ1n) is 7.97. The van der Waals surface area contributed by atoms with Gasteiger partial charge in [0.1, 0.15) is 17.2 Å². The number of hydrogen-bond acceptors (Lipinski definition) is 4. The van der Waals surface area contributed by atoms with E-state index in [0.29, 0.717) is 22.9 Å². The lowest BCUT2D eigenvalue weighted by atomic mass is 10.00. The molecule has 0 bridgehead atoms. The van der Waals surface area contributed by atoms with Crippen LogP contribution in [0.4, 0.5) is 11.4 Å². The normalized spacial score (nSPS) is 17.2. The molecule has 0 spiro atoms. The van der Waals surface area contributed by atoms with Crippen molar-refractivity contribution in [2.24, 2.45) is 4.99 Å². The molecule has 122 valence electrons. The van der Waals surface area contributed by atoms with E-state index < -0.39 is 0 Å². The zero-order chi connectivity index (χ0) is 16.7. The van der Waals surface area contributed by atoms with Crippen molar-refractivity contribution < 1.29 is 14.3 Å². The number of para-hydroxylation sites is 1. The standard InChI is InChI=1S/C19H18N2O3/c1-23-14-9-13(10-15(11-14)24-2)20-17-16-7-3-5-12-6-4-8-21(18(12)16)19(17)22/h3,5,7,9-11H,4,6,8H2,1-2H3. The summed E-state index contributed by atoms with van der Waals surface area (Å²) in [6.07, 6.45) is 2.00. The van der Waals surface area contributed by atoms with E-state index in [9.17, 15) is 4.79 Å². The topological polar surface area (TPSA) is 51.1 Å². The molecular weight excluding hydrogens is 304 g/mol. The largest absolute Gasteiger partial charge is 0.497 e. The summed E-state index contributed by atoms with van der Waals surface area (Å²) in [7, 11) is 3.19. The summed E-state index contributed by atoms with van der Waals surface area (Å²) in [6, 6.07) is 11.4. The van der Waals surface area contributed by atoms with Gasteiger partial charge in [-0.1, -0.05) is 18.2 Å². The summed E-state index contributed by atoms with van der Waals surface area (Å²) < 4.78 is 10.6. The van der Waals surface area contributed by atoms with Gasteiger partial charge in [-0.25, -0.2) is 4.99 Å². The van der Waals surface area contributed by atoms with Gasteiger partial charge in [-0.3, -0.25) is 4.79 Å². The first-order chi connectivity index (χ1) is 11.7. The molecule has 0 unspecified atom stereocenters. The Kier molecular flexibility index (Phi) is 3.49. The smallest absolute Gasteiger partial charge is 0.277 e. The first kappa shape index (κ1) is 14.8. The number of ether oxygens (including phenoxy) is 2. The summed E-state index contributed by atoms with van der Waals surface area (Å²) in [5.74, 6) is 1.27. The fraction of sp³-hybridized carbons (Fsp3) is 0.263. The van der Waals surface area contributed by atoms with Crippen LogP contribution in [0, 0.1) is 0 Å². The molecule has 2 aromatic rings. The summed E-state index contributed by atoms with van der Waals surface area (Å²) in [6.45, 7) is 0.753. The fourth-order valence-corrected chi connectivity index (χ4v) is 3.38. The molecule has 5 heteroatoms. The van der Waals surface area contributed by atoms with E-state index in [1.165, 1.54) is 5.56 Å². The average Bonchev–Trinajstić information content (AvgIpc) is 2.89. The molecule has 0 fully saturated rings. The zero-order valence-corrected chi connectivity index (χ0v) is 13.7. The van der Waals surface area contributed by atoms with Gasteiger partial charge in [0.15, 0.2) is 0 Å². The maximum absolute atomic E-state index is 12.8. The summed E-state index contributed by atoms with van der Waals surface area (Å²) in [5.41, 5.74) is 4.30. The van der Waals surface area contributed by atoms with Crippen molar-refractivity contribution in [1.82, 2.24) is 0 Å². The van der Waals surface area contributed by atoms with Crippen molar-refractivity contribution in [3.8, 4) is 11.5 Å². The number of aryl methyl sites for hydroxylation is 1. The molecule has 0 atom stereocenters. The van der Waals surface area contributed by atoms with Gasteiger partial charge < -0.3 is 14.4 Å². The van der Waals surface area contributed by atoms with E-state index in [1.54, 1.807) is 32.4 Å². The van der Waals surface area contributed by atoms with Gasteiger partial charge in [0.2, 0.25) is 0 Å². The number of aliphatic imine (C=N–C) groups is 1. The highest BCUT2D eigenvalue weighted by Crippen LogP contribution is 2.38. The molecular formula is C19H18N2O3. The Labute approximate surface area is 140 Å². The summed E-state index contributed by atoms with van der Waals surface area (Å²) in [4.78, 5) is 19.3. The number of anilines is 1. The highest BCUT2D eigenvalue weighted by molar-refractivity contribution is 6.55. The molecule has 0 saturated carbocycles. The number of benzene rings is 2. The molecule has 2 heterocycles. The monoisotopic (exact) mass is 322 g/mol. The molecule has 2 aromatic carbocycles. The highest BCUT2D eigenvalue weighted by atomic mass is 16.5. The molecule has 0 saturated heterocycles. The van der Waals surface area contributed by atoms with Gasteiger partial charge in [0.05, 0.1) is 25.6 Å². The Balaban J connectivity index is 1.85. The third-order valence-corrected chi connectivity index (χ3v) is 4.50. The van der Waals surface area contributed by atoms with Crippen molar-refractivity contribution in [2.75, 3.05) is 25.7 Å². The Bertz CT molecular complexity index is 835. The molecule has 24 heavy (non-hydrogen) atoms. The zero-order valence-electron chi connectivity index (χ0n) is 13.7. The van der Waals surface area contributed by atoms with Crippen LogP contribution >= 0.6 is 0 Å². The van der Waals surface area contributed by atoms with E-state index in [1.807, 2.05) is 17.0 Å². The van der Waals surface area contributed by atoms with E-state index >= 15 is 0 Å². The van der Waals surface area contributed by atoms with Gasteiger partial charge in [-0.05, 0) is 18.4 Å². The quantitative estimate of drug-likeness (QED) is 0.872. The van der Waals surface area contributed by atoms with Crippen LogP contribution in [0.25, 0.3) is 0 Å². The second-order valence-corrected chi connectivity index (χ2v) is 5.90. The van der Waals surface area contributed by atoms with Crippen LogP contribution < -0.4 is 14.4 Å².